The Balaban J connectivity index is 1.38. The summed E-state index contributed by atoms with van der Waals surface area (Å²) in [7, 11) is 0. The highest BCUT2D eigenvalue weighted by Crippen LogP contribution is 2.29. The number of hydrogen-bond acceptors (Lipinski definition) is 6. The van der Waals surface area contributed by atoms with Crippen molar-refractivity contribution in [2.45, 2.75) is 25.5 Å². The van der Waals surface area contributed by atoms with Crippen LogP contribution in [0.25, 0.3) is 5.65 Å². The van der Waals surface area contributed by atoms with Crippen molar-refractivity contribution < 1.29 is 14.3 Å². The van der Waals surface area contributed by atoms with Crippen LogP contribution in [0.2, 0.25) is 0 Å². The number of nitrogens with zero attached hydrogens (tertiary/aromatic N) is 6. The van der Waals surface area contributed by atoms with Gasteiger partial charge in [-0.2, -0.15) is 5.10 Å². The van der Waals surface area contributed by atoms with Gasteiger partial charge in [0.1, 0.15) is 12.1 Å². The molecule has 9 heteroatoms. The number of aromatic nitrogens is 4. The largest absolute Gasteiger partial charge is 0.374 e. The zero-order chi connectivity index (χ0) is 21.2. The topological polar surface area (TPSA) is 92.9 Å². The van der Waals surface area contributed by atoms with Crippen molar-refractivity contribution in [3.05, 3.63) is 60.3 Å². The lowest BCUT2D eigenvalue weighted by Crippen LogP contribution is -2.39. The van der Waals surface area contributed by atoms with Crippen molar-refractivity contribution in [3.8, 4) is 0 Å². The van der Waals surface area contributed by atoms with E-state index in [9.17, 15) is 9.59 Å². The van der Waals surface area contributed by atoms with E-state index < -0.39 is 0 Å². The van der Waals surface area contributed by atoms with Crippen molar-refractivity contribution in [1.82, 2.24) is 29.4 Å². The van der Waals surface area contributed by atoms with Gasteiger partial charge < -0.3 is 14.5 Å². The second kappa shape index (κ2) is 8.43. The molecule has 9 nitrogen and oxygen atoms in total. The molecular weight excluding hydrogens is 396 g/mol. The molecule has 2 aliphatic rings. The fraction of sp³-hybridized carbons (Fsp3) is 0.409. The van der Waals surface area contributed by atoms with Crippen LogP contribution in [0.3, 0.4) is 0 Å². The molecule has 0 bridgehead atoms. The Hall–Kier alpha value is -3.33. The number of pyridine rings is 1. The van der Waals surface area contributed by atoms with Gasteiger partial charge in [-0.15, -0.1) is 0 Å². The average molecular weight is 420 g/mol. The monoisotopic (exact) mass is 420 g/mol. The van der Waals surface area contributed by atoms with Crippen LogP contribution in [0.4, 0.5) is 0 Å². The maximum Gasteiger partial charge on any atom is 0.259 e. The van der Waals surface area contributed by atoms with Crippen LogP contribution in [-0.4, -0.2) is 73.5 Å². The van der Waals surface area contributed by atoms with Gasteiger partial charge in [0, 0.05) is 51.0 Å². The normalized spacial score (nSPS) is 19.6. The Morgan fingerprint density at radius 3 is 2.87 bits per heavy atom. The second-order valence-corrected chi connectivity index (χ2v) is 8.17. The van der Waals surface area contributed by atoms with E-state index in [1.165, 1.54) is 19.0 Å². The van der Waals surface area contributed by atoms with E-state index >= 15 is 0 Å². The molecule has 5 rings (SSSR count). The number of carbonyl (C=O) groups is 2. The van der Waals surface area contributed by atoms with Gasteiger partial charge in [0.05, 0.1) is 12.3 Å². The van der Waals surface area contributed by atoms with Crippen molar-refractivity contribution >= 4 is 17.5 Å². The molecule has 1 unspecified atom stereocenters. The highest BCUT2D eigenvalue weighted by Gasteiger charge is 2.33. The van der Waals surface area contributed by atoms with E-state index in [0.29, 0.717) is 43.4 Å². The van der Waals surface area contributed by atoms with Crippen LogP contribution < -0.4 is 0 Å². The highest BCUT2D eigenvalue weighted by atomic mass is 16.5. The minimum atomic E-state index is -0.259. The molecule has 0 spiro atoms. The number of ether oxygens (including phenoxy) is 1. The van der Waals surface area contributed by atoms with Gasteiger partial charge in [-0.3, -0.25) is 14.6 Å². The minimum absolute atomic E-state index is 0.00738. The molecule has 160 valence electrons. The Bertz CT molecular complexity index is 1080. The van der Waals surface area contributed by atoms with Crippen LogP contribution in [0.15, 0.2) is 49.2 Å². The lowest BCUT2D eigenvalue weighted by molar-refractivity contribution is -0.132. The van der Waals surface area contributed by atoms with E-state index in [-0.39, 0.29) is 24.5 Å². The zero-order valence-corrected chi connectivity index (χ0v) is 17.1. The third-order valence-corrected chi connectivity index (χ3v) is 5.68. The van der Waals surface area contributed by atoms with Gasteiger partial charge in [0.15, 0.2) is 5.65 Å². The molecule has 0 radical (unpaired) electrons. The maximum absolute atomic E-state index is 13.3. The van der Waals surface area contributed by atoms with Gasteiger partial charge in [-0.25, -0.2) is 9.50 Å². The highest BCUT2D eigenvalue weighted by molar-refractivity contribution is 6.01. The third-order valence-electron chi connectivity index (χ3n) is 5.68. The number of fused-ring (bicyclic) bond motifs is 1. The maximum atomic E-state index is 13.3. The molecule has 4 heterocycles. The molecule has 1 saturated carbocycles. The Labute approximate surface area is 179 Å². The Morgan fingerprint density at radius 2 is 2.06 bits per heavy atom. The smallest absolute Gasteiger partial charge is 0.259 e. The van der Waals surface area contributed by atoms with E-state index in [0.717, 1.165) is 5.56 Å². The molecule has 3 aromatic rings. The van der Waals surface area contributed by atoms with Crippen molar-refractivity contribution in [2.24, 2.45) is 5.92 Å². The SMILES string of the molecule is O=C1CN(C(=O)c2cnn3cccnc23)CC(OCC2CC2)CN1Cc1cccnc1. The quantitative estimate of drug-likeness (QED) is 0.599. The summed E-state index contributed by atoms with van der Waals surface area (Å²) in [5, 5.41) is 4.21. The first kappa shape index (κ1) is 19.6. The van der Waals surface area contributed by atoms with Crippen molar-refractivity contribution in [3.63, 3.8) is 0 Å². The first-order chi connectivity index (χ1) is 15.2. The molecule has 1 saturated heterocycles. The van der Waals surface area contributed by atoms with Crippen molar-refractivity contribution in [1.29, 1.82) is 0 Å². The van der Waals surface area contributed by atoms with Crippen molar-refractivity contribution in [2.75, 3.05) is 26.2 Å². The van der Waals surface area contributed by atoms with E-state index in [1.807, 2.05) is 12.1 Å². The Kier molecular flexibility index (Phi) is 5.33. The fourth-order valence-electron chi connectivity index (χ4n) is 3.81. The number of rotatable bonds is 6. The van der Waals surface area contributed by atoms with Crippen LogP contribution in [0.5, 0.6) is 0 Å². The van der Waals surface area contributed by atoms with Crippen LogP contribution in [-0.2, 0) is 16.1 Å². The molecule has 0 aromatic carbocycles. The molecule has 2 fully saturated rings. The van der Waals surface area contributed by atoms with E-state index in [4.69, 9.17) is 4.74 Å². The second-order valence-electron chi connectivity index (χ2n) is 8.17. The molecule has 3 aromatic heterocycles. The standard InChI is InChI=1S/C22H24N6O3/c29-20-14-27(22(30)19-10-25-28-8-2-7-24-21(19)28)13-18(31-15-16-4-5-16)12-26(20)11-17-3-1-6-23-9-17/h1-3,6-10,16,18H,4-5,11-15H2. The third kappa shape index (κ3) is 4.41. The lowest BCUT2D eigenvalue weighted by Gasteiger charge is -2.24. The number of hydrogen-bond donors (Lipinski definition) is 0. The first-order valence-electron chi connectivity index (χ1n) is 10.5. The lowest BCUT2D eigenvalue weighted by atomic mass is 10.2. The predicted octanol–water partition coefficient (Wildman–Crippen LogP) is 1.40. The summed E-state index contributed by atoms with van der Waals surface area (Å²) in [4.78, 5) is 38.2. The van der Waals surface area contributed by atoms with Gasteiger partial charge >= 0.3 is 0 Å². The predicted molar refractivity (Wildman–Crippen MR) is 111 cm³/mol. The summed E-state index contributed by atoms with van der Waals surface area (Å²) in [5.41, 5.74) is 1.81. The summed E-state index contributed by atoms with van der Waals surface area (Å²) in [6, 6.07) is 5.55. The summed E-state index contributed by atoms with van der Waals surface area (Å²) in [5.74, 6) is 0.225. The minimum Gasteiger partial charge on any atom is -0.374 e. The van der Waals surface area contributed by atoms with Crippen LogP contribution >= 0.6 is 0 Å². The van der Waals surface area contributed by atoms with Gasteiger partial charge in [-0.05, 0) is 36.5 Å². The van der Waals surface area contributed by atoms with Gasteiger partial charge in [0.25, 0.3) is 5.91 Å². The average Bonchev–Trinajstić information content (AvgIpc) is 3.55. The summed E-state index contributed by atoms with van der Waals surface area (Å²) < 4.78 is 7.71. The number of amides is 2. The van der Waals surface area contributed by atoms with Gasteiger partial charge in [0.2, 0.25) is 5.91 Å². The number of carbonyl (C=O) groups excluding carboxylic acids is 2. The molecule has 31 heavy (non-hydrogen) atoms. The molecular formula is C22H24N6O3. The molecule has 1 aliphatic carbocycles. The van der Waals surface area contributed by atoms with Gasteiger partial charge in [-0.1, -0.05) is 6.07 Å². The van der Waals surface area contributed by atoms with E-state index in [1.54, 1.807) is 45.2 Å². The van der Waals surface area contributed by atoms with Crippen LogP contribution in [0, 0.1) is 5.92 Å². The zero-order valence-electron chi connectivity index (χ0n) is 17.1. The summed E-state index contributed by atoms with van der Waals surface area (Å²) >= 11 is 0. The van der Waals surface area contributed by atoms with Crippen LogP contribution in [0.1, 0.15) is 28.8 Å². The molecule has 1 aliphatic heterocycles. The summed E-state index contributed by atoms with van der Waals surface area (Å²) in [6.45, 7) is 1.89. The fourth-order valence-corrected chi connectivity index (χ4v) is 3.81. The first-order valence-corrected chi connectivity index (χ1v) is 10.5. The molecule has 1 atom stereocenters. The molecule has 0 N–H and O–H groups in total. The molecule has 2 amide bonds. The summed E-state index contributed by atoms with van der Waals surface area (Å²) in [6.07, 6.45) is 10.5. The Morgan fingerprint density at radius 1 is 1.16 bits per heavy atom. The van der Waals surface area contributed by atoms with E-state index in [2.05, 4.69) is 15.1 Å².